The molecule has 1 aliphatic rings. The van der Waals surface area contributed by atoms with Gasteiger partial charge in [0.05, 0.1) is 13.0 Å². The highest BCUT2D eigenvalue weighted by atomic mass is 16.5. The zero-order valence-electron chi connectivity index (χ0n) is 11.0. The minimum atomic E-state index is -1.27. The molecule has 0 saturated heterocycles. The van der Waals surface area contributed by atoms with Gasteiger partial charge < -0.3 is 20.3 Å². The van der Waals surface area contributed by atoms with Crippen LogP contribution in [0, 0.1) is 11.8 Å². The highest BCUT2D eigenvalue weighted by Gasteiger charge is 2.40. The van der Waals surface area contributed by atoms with E-state index in [1.165, 1.54) is 7.11 Å². The number of hydrogen-bond acceptors (Lipinski definition) is 5. The number of esters is 1. The van der Waals surface area contributed by atoms with E-state index in [0.717, 1.165) is 0 Å². The second kappa shape index (κ2) is 6.88. The first-order chi connectivity index (χ1) is 9.35. The van der Waals surface area contributed by atoms with Crippen molar-refractivity contribution in [2.45, 2.75) is 31.7 Å². The Morgan fingerprint density at radius 1 is 1.20 bits per heavy atom. The molecule has 1 rings (SSSR count). The van der Waals surface area contributed by atoms with Gasteiger partial charge in [-0.3, -0.25) is 14.4 Å². The van der Waals surface area contributed by atoms with E-state index in [1.54, 1.807) is 0 Å². The smallest absolute Gasteiger partial charge is 0.326 e. The first kappa shape index (κ1) is 15.9. The summed E-state index contributed by atoms with van der Waals surface area (Å²) in [6, 6.07) is -1.23. The molecule has 0 aliphatic heterocycles. The topological polar surface area (TPSA) is 130 Å². The second-order valence-electron chi connectivity index (χ2n) is 4.72. The summed E-state index contributed by atoms with van der Waals surface area (Å²) in [4.78, 5) is 44.2. The summed E-state index contributed by atoms with van der Waals surface area (Å²) in [5.74, 6) is -4.00. The third-order valence-electron chi connectivity index (χ3n) is 3.30. The van der Waals surface area contributed by atoms with Crippen LogP contribution in [0.3, 0.4) is 0 Å². The van der Waals surface area contributed by atoms with Gasteiger partial charge in [-0.2, -0.15) is 0 Å². The zero-order chi connectivity index (χ0) is 15.3. The van der Waals surface area contributed by atoms with Gasteiger partial charge in [-0.25, -0.2) is 4.79 Å². The average molecular weight is 287 g/mol. The van der Waals surface area contributed by atoms with E-state index in [4.69, 9.17) is 10.2 Å². The van der Waals surface area contributed by atoms with Crippen LogP contribution >= 0.6 is 0 Å². The molecule has 8 heteroatoms. The molecular formula is C12H17NO7. The number of methoxy groups -OCH3 is 1. The lowest BCUT2D eigenvalue weighted by molar-refractivity contribution is -0.153. The van der Waals surface area contributed by atoms with Crippen LogP contribution in [0.15, 0.2) is 0 Å². The molecule has 1 aliphatic carbocycles. The van der Waals surface area contributed by atoms with Gasteiger partial charge in [0, 0.05) is 12.3 Å². The highest BCUT2D eigenvalue weighted by molar-refractivity contribution is 5.87. The fourth-order valence-electron chi connectivity index (χ4n) is 2.01. The number of hydrogen-bond donors (Lipinski definition) is 3. The van der Waals surface area contributed by atoms with Gasteiger partial charge in [-0.1, -0.05) is 0 Å². The van der Waals surface area contributed by atoms with E-state index in [0.29, 0.717) is 12.8 Å². The molecule has 0 bridgehead atoms. The van der Waals surface area contributed by atoms with E-state index in [1.807, 2.05) is 0 Å². The van der Waals surface area contributed by atoms with E-state index in [2.05, 4.69) is 10.1 Å². The number of nitrogens with one attached hydrogen (secondary N) is 1. The van der Waals surface area contributed by atoms with Crippen LogP contribution < -0.4 is 5.32 Å². The molecule has 0 radical (unpaired) electrons. The maximum atomic E-state index is 11.8. The first-order valence-corrected chi connectivity index (χ1v) is 6.18. The molecule has 0 spiro atoms. The Morgan fingerprint density at radius 3 is 2.25 bits per heavy atom. The molecule has 0 heterocycles. The minimum absolute atomic E-state index is 0.177. The van der Waals surface area contributed by atoms with Gasteiger partial charge in [0.15, 0.2) is 0 Å². The van der Waals surface area contributed by atoms with Crippen LogP contribution in [0.4, 0.5) is 0 Å². The van der Waals surface area contributed by atoms with Crippen LogP contribution in [0.5, 0.6) is 0 Å². The summed E-state index contributed by atoms with van der Waals surface area (Å²) in [5, 5.41) is 19.7. The molecule has 1 saturated carbocycles. The van der Waals surface area contributed by atoms with Crippen molar-refractivity contribution in [3.63, 3.8) is 0 Å². The normalized spacial score (nSPS) is 22.2. The number of aliphatic carboxylic acids is 2. The Hall–Kier alpha value is -2.12. The van der Waals surface area contributed by atoms with E-state index in [9.17, 15) is 19.2 Å². The molecular weight excluding hydrogens is 270 g/mol. The maximum Gasteiger partial charge on any atom is 0.326 e. The van der Waals surface area contributed by atoms with E-state index >= 15 is 0 Å². The molecule has 1 fully saturated rings. The fraction of sp³-hybridized carbons (Fsp3) is 0.667. The van der Waals surface area contributed by atoms with Crippen molar-refractivity contribution in [2.24, 2.45) is 11.8 Å². The summed E-state index contributed by atoms with van der Waals surface area (Å²) in [6.07, 6.45) is 0.129. The average Bonchev–Trinajstić information content (AvgIpc) is 2.31. The zero-order valence-corrected chi connectivity index (χ0v) is 11.0. The van der Waals surface area contributed by atoms with Crippen molar-refractivity contribution in [1.29, 1.82) is 0 Å². The molecule has 8 nitrogen and oxygen atoms in total. The third-order valence-corrected chi connectivity index (χ3v) is 3.30. The van der Waals surface area contributed by atoms with Gasteiger partial charge in [0.25, 0.3) is 0 Å². The monoisotopic (exact) mass is 287 g/mol. The summed E-state index contributed by atoms with van der Waals surface area (Å²) >= 11 is 0. The molecule has 0 aromatic heterocycles. The quantitative estimate of drug-likeness (QED) is 0.544. The summed E-state index contributed by atoms with van der Waals surface area (Å²) in [7, 11) is 1.27. The maximum absolute atomic E-state index is 11.8. The largest absolute Gasteiger partial charge is 0.481 e. The van der Waals surface area contributed by atoms with Gasteiger partial charge in [-0.05, 0) is 19.3 Å². The van der Waals surface area contributed by atoms with Crippen LogP contribution in [0.2, 0.25) is 0 Å². The lowest BCUT2D eigenvalue weighted by atomic mass is 9.74. The van der Waals surface area contributed by atoms with E-state index in [-0.39, 0.29) is 24.7 Å². The molecule has 3 N–H and O–H groups in total. The van der Waals surface area contributed by atoms with Crippen molar-refractivity contribution in [3.8, 4) is 0 Å². The van der Waals surface area contributed by atoms with Crippen molar-refractivity contribution >= 4 is 23.8 Å². The molecule has 112 valence electrons. The van der Waals surface area contributed by atoms with Crippen molar-refractivity contribution in [2.75, 3.05) is 7.11 Å². The van der Waals surface area contributed by atoms with Gasteiger partial charge in [-0.15, -0.1) is 0 Å². The summed E-state index contributed by atoms with van der Waals surface area (Å²) < 4.78 is 4.54. The highest BCUT2D eigenvalue weighted by Crippen LogP contribution is 2.34. The second-order valence-corrected chi connectivity index (χ2v) is 4.72. The van der Waals surface area contributed by atoms with Crippen molar-refractivity contribution in [3.05, 3.63) is 0 Å². The molecule has 20 heavy (non-hydrogen) atoms. The van der Waals surface area contributed by atoms with Gasteiger partial charge in [0.2, 0.25) is 5.91 Å². The van der Waals surface area contributed by atoms with Gasteiger partial charge in [0.1, 0.15) is 6.04 Å². The number of carboxylic acids is 2. The van der Waals surface area contributed by atoms with Crippen LogP contribution in [0.1, 0.15) is 25.7 Å². The Labute approximate surface area is 115 Å². The number of carboxylic acid groups (broad SMARTS) is 2. The molecule has 1 unspecified atom stereocenters. The Balaban J connectivity index is 2.42. The Bertz CT molecular complexity index is 414. The number of carbonyl (C=O) groups excluding carboxylic acids is 2. The molecule has 0 aromatic rings. The summed E-state index contributed by atoms with van der Waals surface area (Å²) in [6.45, 7) is 0. The standard InChI is InChI=1S/C12H17NO7/c1-20-12(19)7-4-6(5-7)10(16)13-8(11(17)18)2-3-9(14)15/h6-8H,2-5H2,1H3,(H,13,16)(H,14,15)(H,17,18). The Kier molecular flexibility index (Phi) is 5.48. The van der Waals surface area contributed by atoms with Crippen molar-refractivity contribution < 1.29 is 34.1 Å². The van der Waals surface area contributed by atoms with Gasteiger partial charge >= 0.3 is 17.9 Å². The molecule has 0 aromatic carbocycles. The predicted molar refractivity (Wildman–Crippen MR) is 64.7 cm³/mol. The predicted octanol–water partition coefficient (Wildman–Crippen LogP) is -0.380. The number of rotatable bonds is 7. The number of carbonyl (C=O) groups is 4. The van der Waals surface area contributed by atoms with Crippen molar-refractivity contribution in [1.82, 2.24) is 5.32 Å². The van der Waals surface area contributed by atoms with Crippen LogP contribution in [-0.4, -0.2) is 47.2 Å². The molecule has 1 amide bonds. The van der Waals surface area contributed by atoms with Crippen LogP contribution in [0.25, 0.3) is 0 Å². The van der Waals surface area contributed by atoms with Crippen LogP contribution in [-0.2, 0) is 23.9 Å². The SMILES string of the molecule is COC(=O)C1CC(C(=O)NC(CCC(=O)O)C(=O)O)C1. The minimum Gasteiger partial charge on any atom is -0.481 e. The first-order valence-electron chi connectivity index (χ1n) is 6.18. The molecule has 1 atom stereocenters. The fourth-order valence-corrected chi connectivity index (χ4v) is 2.01. The lowest BCUT2D eigenvalue weighted by Crippen LogP contribution is -2.48. The Morgan fingerprint density at radius 2 is 1.80 bits per heavy atom. The van der Waals surface area contributed by atoms with E-state index < -0.39 is 29.8 Å². The number of amides is 1. The summed E-state index contributed by atoms with van der Waals surface area (Å²) in [5.41, 5.74) is 0. The number of ether oxygens (including phenoxy) is 1. The lowest BCUT2D eigenvalue weighted by Gasteiger charge is -2.32. The third kappa shape index (κ3) is 4.22.